The zero-order valence-electron chi connectivity index (χ0n) is 8.47. The van der Waals surface area contributed by atoms with Crippen LogP contribution in [0.1, 0.15) is 10.4 Å². The maximum absolute atomic E-state index is 10.9. The number of hydrogen-bond acceptors (Lipinski definition) is 4. The zero-order valence-corrected chi connectivity index (χ0v) is 8.47. The van der Waals surface area contributed by atoms with E-state index in [4.69, 9.17) is 9.84 Å². The normalized spacial score (nSPS) is 10.1. The number of carboxylic acids is 1. The van der Waals surface area contributed by atoms with Crippen LogP contribution in [-0.2, 0) is 0 Å². The number of carboxylic acid groups (broad SMARTS) is 1. The molecule has 2 aromatic rings. The summed E-state index contributed by atoms with van der Waals surface area (Å²) in [4.78, 5) is 14.9. The fraction of sp³-hybridized carbons (Fsp3) is 0.100. The van der Waals surface area contributed by atoms with E-state index < -0.39 is 5.97 Å². The van der Waals surface area contributed by atoms with Crippen LogP contribution in [0, 0.1) is 0 Å². The first-order valence-electron chi connectivity index (χ1n) is 4.49. The molecule has 0 aliphatic rings. The molecule has 0 unspecified atom stereocenters. The van der Waals surface area contributed by atoms with Gasteiger partial charge in [-0.2, -0.15) is 5.10 Å². The van der Waals surface area contributed by atoms with Gasteiger partial charge < -0.3 is 9.84 Å². The van der Waals surface area contributed by atoms with Gasteiger partial charge in [-0.1, -0.05) is 0 Å². The van der Waals surface area contributed by atoms with E-state index >= 15 is 0 Å². The number of rotatable bonds is 3. The fourth-order valence-electron chi connectivity index (χ4n) is 1.29. The number of aromatic nitrogens is 3. The molecule has 2 heterocycles. The van der Waals surface area contributed by atoms with Gasteiger partial charge >= 0.3 is 5.97 Å². The molecule has 0 atom stereocenters. The lowest BCUT2D eigenvalue weighted by Gasteiger charge is -2.01. The Kier molecular flexibility index (Phi) is 2.55. The third-order valence-corrected chi connectivity index (χ3v) is 2.10. The maximum atomic E-state index is 10.9. The van der Waals surface area contributed by atoms with Crippen molar-refractivity contribution in [2.45, 2.75) is 0 Å². The highest BCUT2D eigenvalue weighted by atomic mass is 16.5. The van der Waals surface area contributed by atoms with Gasteiger partial charge in [0.1, 0.15) is 11.3 Å². The zero-order chi connectivity index (χ0) is 11.5. The van der Waals surface area contributed by atoms with Crippen LogP contribution in [0.25, 0.3) is 11.4 Å². The van der Waals surface area contributed by atoms with E-state index in [1.165, 1.54) is 19.5 Å². The maximum Gasteiger partial charge on any atom is 0.339 e. The van der Waals surface area contributed by atoms with Crippen LogP contribution < -0.4 is 4.74 Å². The molecule has 6 nitrogen and oxygen atoms in total. The molecule has 2 aromatic heterocycles. The number of pyridine rings is 1. The highest BCUT2D eigenvalue weighted by Crippen LogP contribution is 2.20. The van der Waals surface area contributed by atoms with Crippen LogP contribution >= 0.6 is 0 Å². The Morgan fingerprint density at radius 3 is 2.81 bits per heavy atom. The highest BCUT2D eigenvalue weighted by molar-refractivity contribution is 5.93. The van der Waals surface area contributed by atoms with E-state index in [2.05, 4.69) is 15.2 Å². The molecular formula is C10H9N3O3. The highest BCUT2D eigenvalue weighted by Gasteiger charge is 2.14. The largest absolute Gasteiger partial charge is 0.495 e. The molecule has 0 spiro atoms. The number of nitrogens with zero attached hydrogens (tertiary/aromatic N) is 2. The van der Waals surface area contributed by atoms with Crippen LogP contribution in [0.15, 0.2) is 24.5 Å². The van der Waals surface area contributed by atoms with Gasteiger partial charge in [0, 0.05) is 0 Å². The van der Waals surface area contributed by atoms with Crippen molar-refractivity contribution < 1.29 is 14.6 Å². The monoisotopic (exact) mass is 219 g/mol. The predicted molar refractivity (Wildman–Crippen MR) is 55.3 cm³/mol. The molecule has 2 rings (SSSR count). The Morgan fingerprint density at radius 1 is 1.44 bits per heavy atom. The fourth-order valence-corrected chi connectivity index (χ4v) is 1.29. The SMILES string of the molecule is COc1ccc(-c2[nH]ncc2C(=O)O)nc1. The molecule has 6 heteroatoms. The van der Waals surface area contributed by atoms with Gasteiger partial charge in [-0.15, -0.1) is 0 Å². The first kappa shape index (κ1) is 10.2. The van der Waals surface area contributed by atoms with E-state index in [1.807, 2.05) is 0 Å². The van der Waals surface area contributed by atoms with E-state index in [0.29, 0.717) is 17.1 Å². The molecule has 2 N–H and O–H groups in total. The molecular weight excluding hydrogens is 210 g/mol. The van der Waals surface area contributed by atoms with Crippen LogP contribution in [0.5, 0.6) is 5.75 Å². The van der Waals surface area contributed by atoms with Gasteiger partial charge in [-0.05, 0) is 12.1 Å². The molecule has 0 aliphatic heterocycles. The topological polar surface area (TPSA) is 88.1 Å². The molecule has 0 amide bonds. The number of aromatic amines is 1. The number of carbonyl (C=O) groups is 1. The first-order valence-corrected chi connectivity index (χ1v) is 4.49. The number of methoxy groups -OCH3 is 1. The predicted octanol–water partition coefficient (Wildman–Crippen LogP) is 1.18. The molecule has 0 radical (unpaired) electrons. The quantitative estimate of drug-likeness (QED) is 0.809. The van der Waals surface area contributed by atoms with Crippen molar-refractivity contribution in [2.24, 2.45) is 0 Å². The van der Waals surface area contributed by atoms with Gasteiger partial charge in [0.2, 0.25) is 0 Å². The van der Waals surface area contributed by atoms with Crippen LogP contribution in [-0.4, -0.2) is 33.4 Å². The smallest absolute Gasteiger partial charge is 0.339 e. The minimum absolute atomic E-state index is 0.0951. The molecule has 0 saturated carbocycles. The standard InChI is InChI=1S/C10H9N3O3/c1-16-6-2-3-8(11-4-6)9-7(10(14)15)5-12-13-9/h2-5H,1H3,(H,12,13)(H,14,15). The van der Waals surface area contributed by atoms with Crippen molar-refractivity contribution in [3.63, 3.8) is 0 Å². The summed E-state index contributed by atoms with van der Waals surface area (Å²) < 4.78 is 4.96. The summed E-state index contributed by atoms with van der Waals surface area (Å²) in [6, 6.07) is 3.37. The van der Waals surface area contributed by atoms with Crippen molar-refractivity contribution in [3.8, 4) is 17.1 Å². The van der Waals surface area contributed by atoms with Crippen molar-refractivity contribution in [2.75, 3.05) is 7.11 Å². The van der Waals surface area contributed by atoms with Crippen molar-refractivity contribution in [3.05, 3.63) is 30.1 Å². The number of aromatic carboxylic acids is 1. The molecule has 0 aromatic carbocycles. The van der Waals surface area contributed by atoms with E-state index in [0.717, 1.165) is 0 Å². The summed E-state index contributed by atoms with van der Waals surface area (Å²) in [5.74, 6) is -0.429. The summed E-state index contributed by atoms with van der Waals surface area (Å²) >= 11 is 0. The summed E-state index contributed by atoms with van der Waals surface area (Å²) in [5, 5.41) is 15.2. The van der Waals surface area contributed by atoms with Gasteiger partial charge in [0.05, 0.1) is 30.9 Å². The molecule has 16 heavy (non-hydrogen) atoms. The lowest BCUT2D eigenvalue weighted by molar-refractivity contribution is 0.0698. The van der Waals surface area contributed by atoms with Gasteiger partial charge in [0.25, 0.3) is 0 Å². The third-order valence-electron chi connectivity index (χ3n) is 2.10. The number of ether oxygens (including phenoxy) is 1. The molecule has 0 saturated heterocycles. The molecule has 82 valence electrons. The molecule has 0 fully saturated rings. The molecule has 0 bridgehead atoms. The Morgan fingerprint density at radius 2 is 2.25 bits per heavy atom. The second-order valence-corrected chi connectivity index (χ2v) is 3.05. The third kappa shape index (κ3) is 1.72. The number of nitrogens with one attached hydrogen (secondary N) is 1. The number of H-pyrrole nitrogens is 1. The van der Waals surface area contributed by atoms with Crippen LogP contribution in [0.4, 0.5) is 0 Å². The van der Waals surface area contributed by atoms with Gasteiger partial charge in [-0.25, -0.2) is 4.79 Å². The van der Waals surface area contributed by atoms with Gasteiger partial charge in [-0.3, -0.25) is 10.1 Å². The second-order valence-electron chi connectivity index (χ2n) is 3.05. The Hall–Kier alpha value is -2.37. The summed E-state index contributed by atoms with van der Waals surface area (Å²) in [7, 11) is 1.54. The second kappa shape index (κ2) is 4.01. The minimum Gasteiger partial charge on any atom is -0.495 e. The first-order chi connectivity index (χ1) is 7.72. The Bertz CT molecular complexity index is 504. The number of hydrogen-bond donors (Lipinski definition) is 2. The molecule has 0 aliphatic carbocycles. The van der Waals surface area contributed by atoms with Gasteiger partial charge in [0.15, 0.2) is 0 Å². The summed E-state index contributed by atoms with van der Waals surface area (Å²) in [6.07, 6.45) is 2.77. The van der Waals surface area contributed by atoms with E-state index in [9.17, 15) is 4.79 Å². The Labute approximate surface area is 90.9 Å². The average Bonchev–Trinajstić information content (AvgIpc) is 2.78. The summed E-state index contributed by atoms with van der Waals surface area (Å²) in [5.41, 5.74) is 0.989. The van der Waals surface area contributed by atoms with Crippen LogP contribution in [0.2, 0.25) is 0 Å². The summed E-state index contributed by atoms with van der Waals surface area (Å²) in [6.45, 7) is 0. The van der Waals surface area contributed by atoms with E-state index in [1.54, 1.807) is 12.1 Å². The average molecular weight is 219 g/mol. The van der Waals surface area contributed by atoms with Crippen LogP contribution in [0.3, 0.4) is 0 Å². The Balaban J connectivity index is 2.42. The minimum atomic E-state index is -1.04. The van der Waals surface area contributed by atoms with E-state index in [-0.39, 0.29) is 5.56 Å². The lowest BCUT2D eigenvalue weighted by atomic mass is 10.2. The van der Waals surface area contributed by atoms with Crippen molar-refractivity contribution >= 4 is 5.97 Å². The van der Waals surface area contributed by atoms with Crippen molar-refractivity contribution in [1.29, 1.82) is 0 Å². The van der Waals surface area contributed by atoms with Crippen molar-refractivity contribution in [1.82, 2.24) is 15.2 Å². The lowest BCUT2D eigenvalue weighted by Crippen LogP contribution is -1.97.